The third-order valence-electron chi connectivity index (χ3n) is 5.49. The Bertz CT molecular complexity index is 973. The van der Waals surface area contributed by atoms with Crippen LogP contribution in [-0.4, -0.2) is 49.7 Å². The van der Waals surface area contributed by atoms with Crippen LogP contribution in [0.5, 0.6) is 0 Å². The number of amides is 1. The fourth-order valence-corrected chi connectivity index (χ4v) is 4.94. The molecular weight excluding hydrogens is 403 g/mol. The van der Waals surface area contributed by atoms with Crippen molar-refractivity contribution in [2.24, 2.45) is 0 Å². The molecule has 1 aliphatic heterocycles. The molecule has 1 heterocycles. The summed E-state index contributed by atoms with van der Waals surface area (Å²) in [6, 6.07) is 13.2. The van der Waals surface area contributed by atoms with Crippen LogP contribution < -0.4 is 0 Å². The Morgan fingerprint density at radius 3 is 2.03 bits per heavy atom. The second kappa shape index (κ2) is 8.86. The second-order valence-electron chi connectivity index (χ2n) is 8.69. The standard InChI is InChI=1S/C23H29FN2O3S/c1-23(2,3)19-7-11-21(12-8-19)30(28,29)26-16-14-25(15-17-26)22(27)13-6-18-4-9-20(24)10-5-18/h4-5,7-12H,6,13-17H2,1-3H3. The molecule has 3 rings (SSSR count). The molecule has 5 nitrogen and oxygen atoms in total. The summed E-state index contributed by atoms with van der Waals surface area (Å²) in [5.41, 5.74) is 1.95. The lowest BCUT2D eigenvalue weighted by Crippen LogP contribution is -2.50. The SMILES string of the molecule is CC(C)(C)c1ccc(S(=O)(=O)N2CCN(C(=O)CCc3ccc(F)cc3)CC2)cc1. The number of aryl methyl sites for hydroxylation is 1. The summed E-state index contributed by atoms with van der Waals surface area (Å²) in [4.78, 5) is 14.5. The smallest absolute Gasteiger partial charge is 0.243 e. The lowest BCUT2D eigenvalue weighted by atomic mass is 9.87. The molecule has 1 aliphatic rings. The number of piperazine rings is 1. The van der Waals surface area contributed by atoms with Gasteiger partial charge in [0, 0.05) is 32.6 Å². The molecule has 0 N–H and O–H groups in total. The Balaban J connectivity index is 1.56. The third-order valence-corrected chi connectivity index (χ3v) is 7.40. The number of halogens is 1. The molecule has 1 amide bonds. The van der Waals surface area contributed by atoms with Gasteiger partial charge >= 0.3 is 0 Å². The molecule has 0 bridgehead atoms. The summed E-state index contributed by atoms with van der Waals surface area (Å²) in [6.07, 6.45) is 0.865. The first-order valence-electron chi connectivity index (χ1n) is 10.2. The average Bonchev–Trinajstić information content (AvgIpc) is 2.72. The zero-order chi connectivity index (χ0) is 21.9. The number of benzene rings is 2. The van der Waals surface area contributed by atoms with E-state index >= 15 is 0 Å². The van der Waals surface area contributed by atoms with Crippen LogP contribution in [0.4, 0.5) is 4.39 Å². The molecule has 1 fully saturated rings. The summed E-state index contributed by atoms with van der Waals surface area (Å²) in [5, 5.41) is 0. The highest BCUT2D eigenvalue weighted by Gasteiger charge is 2.30. The minimum absolute atomic E-state index is 0.00842. The average molecular weight is 433 g/mol. The van der Waals surface area contributed by atoms with Crippen molar-refractivity contribution in [1.29, 1.82) is 0 Å². The van der Waals surface area contributed by atoms with Crippen molar-refractivity contribution in [2.45, 2.75) is 43.9 Å². The molecule has 162 valence electrons. The first-order chi connectivity index (χ1) is 14.1. The van der Waals surface area contributed by atoms with Gasteiger partial charge in [0.25, 0.3) is 0 Å². The first kappa shape index (κ1) is 22.4. The zero-order valence-corrected chi connectivity index (χ0v) is 18.6. The van der Waals surface area contributed by atoms with Gasteiger partial charge in [0.05, 0.1) is 4.90 Å². The maximum atomic E-state index is 13.0. The highest BCUT2D eigenvalue weighted by atomic mass is 32.2. The molecule has 1 saturated heterocycles. The number of rotatable bonds is 5. The molecule has 7 heteroatoms. The van der Waals surface area contributed by atoms with Crippen molar-refractivity contribution in [3.63, 3.8) is 0 Å². The van der Waals surface area contributed by atoms with Gasteiger partial charge in [-0.2, -0.15) is 4.31 Å². The van der Waals surface area contributed by atoms with Crippen LogP contribution in [0.3, 0.4) is 0 Å². The van der Waals surface area contributed by atoms with Crippen molar-refractivity contribution >= 4 is 15.9 Å². The van der Waals surface area contributed by atoms with Crippen molar-refractivity contribution in [1.82, 2.24) is 9.21 Å². The molecule has 0 aromatic heterocycles. The molecule has 0 unspecified atom stereocenters. The molecule has 0 saturated carbocycles. The van der Waals surface area contributed by atoms with Crippen LogP contribution in [0.25, 0.3) is 0 Å². The van der Waals surface area contributed by atoms with Crippen LogP contribution >= 0.6 is 0 Å². The number of nitrogens with zero attached hydrogens (tertiary/aromatic N) is 2. The lowest BCUT2D eigenvalue weighted by Gasteiger charge is -2.34. The summed E-state index contributed by atoms with van der Waals surface area (Å²) in [5.74, 6) is -0.304. The van der Waals surface area contributed by atoms with Crippen molar-refractivity contribution in [3.05, 3.63) is 65.5 Å². The largest absolute Gasteiger partial charge is 0.340 e. The van der Waals surface area contributed by atoms with Crippen molar-refractivity contribution in [2.75, 3.05) is 26.2 Å². The van der Waals surface area contributed by atoms with Crippen LogP contribution in [0.1, 0.15) is 38.3 Å². The van der Waals surface area contributed by atoms with E-state index in [2.05, 4.69) is 20.8 Å². The number of hydrogen-bond acceptors (Lipinski definition) is 3. The van der Waals surface area contributed by atoms with E-state index in [1.165, 1.54) is 16.4 Å². The maximum absolute atomic E-state index is 13.0. The minimum atomic E-state index is -3.57. The summed E-state index contributed by atoms with van der Waals surface area (Å²) in [6.45, 7) is 7.58. The fraction of sp³-hybridized carbons (Fsp3) is 0.435. The van der Waals surface area contributed by atoms with E-state index < -0.39 is 10.0 Å². The topological polar surface area (TPSA) is 57.7 Å². The van der Waals surface area contributed by atoms with E-state index in [4.69, 9.17) is 0 Å². The molecule has 2 aromatic rings. The third kappa shape index (κ3) is 5.26. The summed E-state index contributed by atoms with van der Waals surface area (Å²) < 4.78 is 40.3. The fourth-order valence-electron chi connectivity index (χ4n) is 3.51. The van der Waals surface area contributed by atoms with Gasteiger partial charge < -0.3 is 4.90 Å². The molecule has 30 heavy (non-hydrogen) atoms. The lowest BCUT2D eigenvalue weighted by molar-refractivity contribution is -0.132. The van der Waals surface area contributed by atoms with Gasteiger partial charge in [-0.15, -0.1) is 0 Å². The monoisotopic (exact) mass is 432 g/mol. The predicted octanol–water partition coefficient (Wildman–Crippen LogP) is 3.59. The zero-order valence-electron chi connectivity index (χ0n) is 17.8. The number of carbonyl (C=O) groups excluding carboxylic acids is 1. The Hall–Kier alpha value is -2.25. The van der Waals surface area contributed by atoms with Crippen molar-refractivity contribution < 1.29 is 17.6 Å². The molecule has 0 radical (unpaired) electrons. The molecular formula is C23H29FN2O3S. The molecule has 2 aromatic carbocycles. The van der Waals surface area contributed by atoms with E-state index in [0.29, 0.717) is 25.9 Å². The van der Waals surface area contributed by atoms with Crippen LogP contribution in [0, 0.1) is 5.82 Å². The van der Waals surface area contributed by atoms with Crippen LogP contribution in [-0.2, 0) is 26.7 Å². The van der Waals surface area contributed by atoms with Gasteiger partial charge in [0.1, 0.15) is 5.82 Å². The maximum Gasteiger partial charge on any atom is 0.243 e. The van der Waals surface area contributed by atoms with E-state index in [0.717, 1.165) is 11.1 Å². The normalized spacial score (nSPS) is 15.9. The Labute approximate surface area is 178 Å². The number of carbonyl (C=O) groups is 1. The highest BCUT2D eigenvalue weighted by Crippen LogP contribution is 2.25. The Morgan fingerprint density at radius 1 is 0.933 bits per heavy atom. The number of hydrogen-bond donors (Lipinski definition) is 0. The van der Waals surface area contributed by atoms with Gasteiger partial charge in [-0.3, -0.25) is 4.79 Å². The van der Waals surface area contributed by atoms with Crippen molar-refractivity contribution in [3.8, 4) is 0 Å². The molecule has 0 spiro atoms. The van der Waals surface area contributed by atoms with Gasteiger partial charge in [-0.1, -0.05) is 45.0 Å². The quantitative estimate of drug-likeness (QED) is 0.726. The van der Waals surface area contributed by atoms with E-state index in [1.54, 1.807) is 29.2 Å². The van der Waals surface area contributed by atoms with E-state index in [-0.39, 0.29) is 35.1 Å². The van der Waals surface area contributed by atoms with Gasteiger partial charge in [-0.25, -0.2) is 12.8 Å². The summed E-state index contributed by atoms with van der Waals surface area (Å²) >= 11 is 0. The van der Waals surface area contributed by atoms with Crippen LogP contribution in [0.2, 0.25) is 0 Å². The van der Waals surface area contributed by atoms with E-state index in [1.807, 2.05) is 12.1 Å². The Kier molecular flexibility index (Phi) is 6.62. The van der Waals surface area contributed by atoms with Gasteiger partial charge in [0.15, 0.2) is 0 Å². The van der Waals surface area contributed by atoms with Crippen LogP contribution in [0.15, 0.2) is 53.4 Å². The first-order valence-corrected chi connectivity index (χ1v) is 11.6. The molecule has 0 atom stereocenters. The minimum Gasteiger partial charge on any atom is -0.340 e. The molecule has 0 aliphatic carbocycles. The summed E-state index contributed by atoms with van der Waals surface area (Å²) in [7, 11) is -3.57. The van der Waals surface area contributed by atoms with Gasteiger partial charge in [-0.05, 0) is 47.2 Å². The predicted molar refractivity (Wildman–Crippen MR) is 115 cm³/mol. The van der Waals surface area contributed by atoms with Gasteiger partial charge in [0.2, 0.25) is 15.9 Å². The number of sulfonamides is 1. The van der Waals surface area contributed by atoms with E-state index in [9.17, 15) is 17.6 Å². The highest BCUT2D eigenvalue weighted by molar-refractivity contribution is 7.89. The second-order valence-corrected chi connectivity index (χ2v) is 10.6. The Morgan fingerprint density at radius 2 is 1.50 bits per heavy atom.